The van der Waals surface area contributed by atoms with Gasteiger partial charge in [-0.25, -0.2) is 0 Å². The Hall–Kier alpha value is -3.65. The SMILES string of the molecule is CCc1ccccc1NC(=O)CSc1nnc(-c2ccccn2)n1-c1cccc(OC)c1. The molecule has 0 aliphatic carbocycles. The van der Waals surface area contributed by atoms with Gasteiger partial charge >= 0.3 is 0 Å². The lowest BCUT2D eigenvalue weighted by Gasteiger charge is -2.12. The Morgan fingerprint density at radius 2 is 1.91 bits per heavy atom. The summed E-state index contributed by atoms with van der Waals surface area (Å²) in [6.45, 7) is 2.06. The molecule has 0 unspecified atom stereocenters. The van der Waals surface area contributed by atoms with Gasteiger partial charge in [-0.2, -0.15) is 0 Å². The first kappa shape index (κ1) is 21.6. The van der Waals surface area contributed by atoms with Gasteiger partial charge in [-0.15, -0.1) is 10.2 Å². The number of pyridine rings is 1. The third-order valence-electron chi connectivity index (χ3n) is 4.84. The minimum absolute atomic E-state index is 0.101. The summed E-state index contributed by atoms with van der Waals surface area (Å²) >= 11 is 1.32. The van der Waals surface area contributed by atoms with E-state index < -0.39 is 0 Å². The van der Waals surface area contributed by atoms with Crippen LogP contribution in [-0.2, 0) is 11.2 Å². The maximum atomic E-state index is 12.7. The standard InChI is InChI=1S/C24H23N5O2S/c1-3-17-9-4-5-12-20(17)26-22(30)16-32-24-28-27-23(21-13-6-7-14-25-21)29(24)18-10-8-11-19(15-18)31-2/h4-15H,3,16H2,1-2H3,(H,26,30). The number of para-hydroxylation sites is 1. The van der Waals surface area contributed by atoms with Crippen LogP contribution in [0.1, 0.15) is 12.5 Å². The molecule has 0 spiro atoms. The maximum absolute atomic E-state index is 12.7. The minimum atomic E-state index is -0.101. The van der Waals surface area contributed by atoms with Crippen molar-refractivity contribution in [3.05, 3.63) is 78.5 Å². The largest absolute Gasteiger partial charge is 0.497 e. The van der Waals surface area contributed by atoms with Gasteiger partial charge in [0.25, 0.3) is 0 Å². The lowest BCUT2D eigenvalue weighted by Crippen LogP contribution is -2.15. The number of thioether (sulfide) groups is 1. The quantitative estimate of drug-likeness (QED) is 0.398. The molecule has 0 saturated heterocycles. The van der Waals surface area contributed by atoms with Crippen molar-refractivity contribution in [2.24, 2.45) is 0 Å². The molecule has 0 aliphatic heterocycles. The molecule has 1 N–H and O–H groups in total. The first-order valence-electron chi connectivity index (χ1n) is 10.2. The van der Waals surface area contributed by atoms with Crippen molar-refractivity contribution in [1.82, 2.24) is 19.7 Å². The van der Waals surface area contributed by atoms with E-state index >= 15 is 0 Å². The fraction of sp³-hybridized carbons (Fsp3) is 0.167. The van der Waals surface area contributed by atoms with E-state index in [2.05, 4.69) is 27.4 Å². The Morgan fingerprint density at radius 3 is 2.69 bits per heavy atom. The van der Waals surface area contributed by atoms with Crippen LogP contribution in [0.25, 0.3) is 17.2 Å². The number of carbonyl (C=O) groups is 1. The van der Waals surface area contributed by atoms with Gasteiger partial charge in [0.15, 0.2) is 11.0 Å². The Balaban J connectivity index is 1.61. The molecule has 2 aromatic heterocycles. The van der Waals surface area contributed by atoms with Gasteiger partial charge < -0.3 is 10.1 Å². The number of amides is 1. The van der Waals surface area contributed by atoms with Crippen molar-refractivity contribution in [2.45, 2.75) is 18.5 Å². The van der Waals surface area contributed by atoms with E-state index in [0.29, 0.717) is 22.4 Å². The second kappa shape index (κ2) is 10.1. The van der Waals surface area contributed by atoms with Gasteiger partial charge in [-0.3, -0.25) is 14.3 Å². The Labute approximate surface area is 190 Å². The summed E-state index contributed by atoms with van der Waals surface area (Å²) < 4.78 is 7.28. The summed E-state index contributed by atoms with van der Waals surface area (Å²) in [5.41, 5.74) is 3.46. The Kier molecular flexibility index (Phi) is 6.81. The van der Waals surface area contributed by atoms with Crippen molar-refractivity contribution < 1.29 is 9.53 Å². The highest BCUT2D eigenvalue weighted by Gasteiger charge is 2.18. The zero-order chi connectivity index (χ0) is 22.3. The van der Waals surface area contributed by atoms with Crippen LogP contribution in [-0.4, -0.2) is 38.5 Å². The molecule has 2 heterocycles. The van der Waals surface area contributed by atoms with E-state index in [4.69, 9.17) is 4.74 Å². The van der Waals surface area contributed by atoms with Crippen molar-refractivity contribution >= 4 is 23.4 Å². The zero-order valence-electron chi connectivity index (χ0n) is 17.9. The van der Waals surface area contributed by atoms with Gasteiger partial charge in [-0.05, 0) is 42.3 Å². The predicted molar refractivity (Wildman–Crippen MR) is 126 cm³/mol. The first-order valence-corrected chi connectivity index (χ1v) is 11.2. The van der Waals surface area contributed by atoms with Crippen LogP contribution in [0, 0.1) is 0 Å². The van der Waals surface area contributed by atoms with Crippen LogP contribution in [0.3, 0.4) is 0 Å². The smallest absolute Gasteiger partial charge is 0.234 e. The van der Waals surface area contributed by atoms with Crippen molar-refractivity contribution in [3.8, 4) is 23.0 Å². The highest BCUT2D eigenvalue weighted by Crippen LogP contribution is 2.29. The number of ether oxygens (including phenoxy) is 1. The van der Waals surface area contributed by atoms with Gasteiger partial charge in [-0.1, -0.05) is 49.0 Å². The molecular weight excluding hydrogens is 422 g/mol. The summed E-state index contributed by atoms with van der Waals surface area (Å²) in [5.74, 6) is 1.41. The summed E-state index contributed by atoms with van der Waals surface area (Å²) in [4.78, 5) is 17.1. The molecule has 0 aliphatic rings. The van der Waals surface area contributed by atoms with Gasteiger partial charge in [0, 0.05) is 18.0 Å². The number of aryl methyl sites for hydroxylation is 1. The van der Waals surface area contributed by atoms with Crippen molar-refractivity contribution in [2.75, 3.05) is 18.2 Å². The number of hydrogen-bond donors (Lipinski definition) is 1. The molecule has 4 aromatic rings. The van der Waals surface area contributed by atoms with Crippen LogP contribution in [0.2, 0.25) is 0 Å². The number of anilines is 1. The topological polar surface area (TPSA) is 81.9 Å². The monoisotopic (exact) mass is 445 g/mol. The number of hydrogen-bond acceptors (Lipinski definition) is 6. The number of aromatic nitrogens is 4. The highest BCUT2D eigenvalue weighted by atomic mass is 32.2. The molecule has 1 amide bonds. The van der Waals surface area contributed by atoms with E-state index in [-0.39, 0.29) is 11.7 Å². The number of rotatable bonds is 8. The van der Waals surface area contributed by atoms with Gasteiger partial charge in [0.2, 0.25) is 5.91 Å². The highest BCUT2D eigenvalue weighted by molar-refractivity contribution is 7.99. The number of carbonyl (C=O) groups excluding carboxylic acids is 1. The van der Waals surface area contributed by atoms with E-state index in [1.807, 2.05) is 71.3 Å². The van der Waals surface area contributed by atoms with Crippen LogP contribution in [0.5, 0.6) is 5.75 Å². The summed E-state index contributed by atoms with van der Waals surface area (Å²) in [6, 6.07) is 21.1. The average molecular weight is 446 g/mol. The molecule has 0 atom stereocenters. The van der Waals surface area contributed by atoms with E-state index in [9.17, 15) is 4.79 Å². The molecule has 2 aromatic carbocycles. The molecule has 32 heavy (non-hydrogen) atoms. The molecule has 8 heteroatoms. The number of nitrogens with one attached hydrogen (secondary N) is 1. The van der Waals surface area contributed by atoms with E-state index in [1.54, 1.807) is 13.3 Å². The van der Waals surface area contributed by atoms with E-state index in [0.717, 1.165) is 23.4 Å². The normalized spacial score (nSPS) is 10.7. The number of methoxy groups -OCH3 is 1. The maximum Gasteiger partial charge on any atom is 0.234 e. The van der Waals surface area contributed by atoms with Crippen molar-refractivity contribution in [1.29, 1.82) is 0 Å². The third kappa shape index (κ3) is 4.81. The molecule has 7 nitrogen and oxygen atoms in total. The predicted octanol–water partition coefficient (Wildman–Crippen LogP) is 4.63. The fourth-order valence-corrected chi connectivity index (χ4v) is 4.03. The molecular formula is C24H23N5O2S. The molecule has 0 bridgehead atoms. The molecule has 0 saturated carbocycles. The second-order valence-corrected chi connectivity index (χ2v) is 7.85. The fourth-order valence-electron chi connectivity index (χ4n) is 3.27. The van der Waals surface area contributed by atoms with Crippen LogP contribution < -0.4 is 10.1 Å². The van der Waals surface area contributed by atoms with Gasteiger partial charge in [0.05, 0.1) is 18.6 Å². The molecule has 0 radical (unpaired) electrons. The van der Waals surface area contributed by atoms with Crippen molar-refractivity contribution in [3.63, 3.8) is 0 Å². The lowest BCUT2D eigenvalue weighted by molar-refractivity contribution is -0.113. The summed E-state index contributed by atoms with van der Waals surface area (Å²) in [7, 11) is 1.62. The Morgan fingerprint density at radius 1 is 1.06 bits per heavy atom. The number of benzene rings is 2. The second-order valence-electron chi connectivity index (χ2n) is 6.91. The van der Waals surface area contributed by atoms with Gasteiger partial charge in [0.1, 0.15) is 11.4 Å². The first-order chi connectivity index (χ1) is 15.7. The minimum Gasteiger partial charge on any atom is -0.497 e. The average Bonchev–Trinajstić information content (AvgIpc) is 3.28. The Bertz CT molecular complexity index is 1210. The number of nitrogens with zero attached hydrogens (tertiary/aromatic N) is 4. The van der Waals surface area contributed by atoms with E-state index in [1.165, 1.54) is 11.8 Å². The van der Waals surface area contributed by atoms with Crippen LogP contribution in [0.4, 0.5) is 5.69 Å². The summed E-state index contributed by atoms with van der Waals surface area (Å²) in [6.07, 6.45) is 2.56. The zero-order valence-corrected chi connectivity index (χ0v) is 18.7. The third-order valence-corrected chi connectivity index (χ3v) is 5.77. The van der Waals surface area contributed by atoms with Crippen LogP contribution in [0.15, 0.2) is 78.1 Å². The summed E-state index contributed by atoms with van der Waals surface area (Å²) in [5, 5.41) is 12.3. The lowest BCUT2D eigenvalue weighted by atomic mass is 10.1. The molecule has 0 fully saturated rings. The molecule has 162 valence electrons. The van der Waals surface area contributed by atoms with Crippen LogP contribution >= 0.6 is 11.8 Å². The molecule has 4 rings (SSSR count).